The Morgan fingerprint density at radius 1 is 1.00 bits per heavy atom. The van der Waals surface area contributed by atoms with Crippen LogP contribution in [0.1, 0.15) is 27.8 Å². The summed E-state index contributed by atoms with van der Waals surface area (Å²) in [7, 11) is 0. The second-order valence-corrected chi connectivity index (χ2v) is 6.98. The van der Waals surface area contributed by atoms with Crippen LogP contribution in [0.15, 0.2) is 42.6 Å². The van der Waals surface area contributed by atoms with E-state index in [0.29, 0.717) is 5.95 Å². The van der Waals surface area contributed by atoms with Crippen LogP contribution in [0, 0.1) is 20.8 Å². The summed E-state index contributed by atoms with van der Waals surface area (Å²) in [4.78, 5) is 6.90. The Morgan fingerprint density at radius 2 is 1.73 bits per heavy atom. The van der Waals surface area contributed by atoms with E-state index in [1.165, 1.54) is 27.8 Å². The number of nitrogens with zero attached hydrogens (tertiary/aromatic N) is 4. The summed E-state index contributed by atoms with van der Waals surface area (Å²) in [6.07, 6.45) is 2.69. The molecule has 0 aliphatic carbocycles. The summed E-state index contributed by atoms with van der Waals surface area (Å²) in [6.45, 7) is 8.07. The van der Waals surface area contributed by atoms with Crippen LogP contribution >= 0.6 is 0 Å². The molecule has 0 saturated heterocycles. The minimum absolute atomic E-state index is 0.673. The average molecular weight is 345 g/mol. The number of benzene rings is 2. The average Bonchev–Trinajstić information content (AvgIpc) is 2.64. The Labute approximate surface area is 154 Å². The zero-order valence-electron chi connectivity index (χ0n) is 15.5. The van der Waals surface area contributed by atoms with Gasteiger partial charge in [0.25, 0.3) is 0 Å². The summed E-state index contributed by atoms with van der Waals surface area (Å²) in [6, 6.07) is 12.9. The molecule has 0 spiro atoms. The number of hydrogen-bond acceptors (Lipinski definition) is 5. The van der Waals surface area contributed by atoms with Gasteiger partial charge in [0.15, 0.2) is 5.82 Å². The quantitative estimate of drug-likeness (QED) is 0.774. The third kappa shape index (κ3) is 3.25. The number of hydrogen-bond donors (Lipinski definition) is 1. The summed E-state index contributed by atoms with van der Waals surface area (Å²) in [5, 5.41) is 11.9. The molecule has 132 valence electrons. The molecule has 5 nitrogen and oxygen atoms in total. The summed E-state index contributed by atoms with van der Waals surface area (Å²) < 4.78 is 0. The maximum absolute atomic E-state index is 4.71. The highest BCUT2D eigenvalue weighted by atomic mass is 15.3. The highest BCUT2D eigenvalue weighted by molar-refractivity contribution is 5.65. The molecule has 0 unspecified atom stereocenters. The van der Waals surface area contributed by atoms with Gasteiger partial charge in [0.1, 0.15) is 0 Å². The van der Waals surface area contributed by atoms with Crippen LogP contribution in [0.3, 0.4) is 0 Å². The van der Waals surface area contributed by atoms with Crippen molar-refractivity contribution < 1.29 is 0 Å². The lowest BCUT2D eigenvalue weighted by molar-refractivity contribution is 0.698. The number of nitrogens with one attached hydrogen (secondary N) is 1. The van der Waals surface area contributed by atoms with Crippen molar-refractivity contribution in [2.75, 3.05) is 16.8 Å². The van der Waals surface area contributed by atoms with Crippen molar-refractivity contribution in [1.29, 1.82) is 0 Å². The van der Waals surface area contributed by atoms with E-state index in [1.807, 2.05) is 0 Å². The van der Waals surface area contributed by atoms with Crippen molar-refractivity contribution in [3.63, 3.8) is 0 Å². The van der Waals surface area contributed by atoms with Gasteiger partial charge in [-0.25, -0.2) is 0 Å². The predicted octanol–water partition coefficient (Wildman–Crippen LogP) is 4.10. The molecule has 0 radical (unpaired) electrons. The smallest absolute Gasteiger partial charge is 0.247 e. The van der Waals surface area contributed by atoms with Crippen molar-refractivity contribution in [2.24, 2.45) is 0 Å². The lowest BCUT2D eigenvalue weighted by atomic mass is 10.0. The summed E-state index contributed by atoms with van der Waals surface area (Å²) in [5.41, 5.74) is 7.51. The van der Waals surface area contributed by atoms with Gasteiger partial charge in [0.05, 0.1) is 6.20 Å². The van der Waals surface area contributed by atoms with Gasteiger partial charge in [-0.15, -0.1) is 5.10 Å². The Bertz CT molecular complexity index is 928. The monoisotopic (exact) mass is 345 g/mol. The van der Waals surface area contributed by atoms with Crippen molar-refractivity contribution in [3.8, 4) is 0 Å². The zero-order chi connectivity index (χ0) is 18.1. The second kappa shape index (κ2) is 6.75. The molecule has 0 atom stereocenters. The first-order valence-electron chi connectivity index (χ1n) is 8.96. The van der Waals surface area contributed by atoms with Crippen molar-refractivity contribution in [1.82, 2.24) is 15.2 Å². The van der Waals surface area contributed by atoms with Crippen LogP contribution in [0.5, 0.6) is 0 Å². The molecular formula is C21H23N5. The number of aromatic nitrogens is 3. The maximum Gasteiger partial charge on any atom is 0.247 e. The summed E-state index contributed by atoms with van der Waals surface area (Å²) >= 11 is 0. The molecule has 1 aliphatic heterocycles. The van der Waals surface area contributed by atoms with E-state index in [4.69, 9.17) is 4.98 Å². The fourth-order valence-corrected chi connectivity index (χ4v) is 3.66. The van der Waals surface area contributed by atoms with E-state index in [0.717, 1.165) is 31.0 Å². The van der Waals surface area contributed by atoms with Gasteiger partial charge in [-0.2, -0.15) is 10.1 Å². The minimum atomic E-state index is 0.673. The third-order valence-corrected chi connectivity index (χ3v) is 4.89. The fraction of sp³-hybridized carbons (Fsp3) is 0.286. The maximum atomic E-state index is 4.71. The topological polar surface area (TPSA) is 53.9 Å². The largest absolute Gasteiger partial charge is 0.338 e. The van der Waals surface area contributed by atoms with E-state index < -0.39 is 0 Å². The van der Waals surface area contributed by atoms with Crippen LogP contribution < -0.4 is 10.2 Å². The number of fused-ring (bicyclic) bond motifs is 1. The van der Waals surface area contributed by atoms with Crippen LogP contribution in [-0.2, 0) is 13.0 Å². The van der Waals surface area contributed by atoms with Gasteiger partial charge in [0.2, 0.25) is 5.95 Å². The van der Waals surface area contributed by atoms with Gasteiger partial charge in [-0.05, 0) is 49.4 Å². The lowest BCUT2D eigenvalue weighted by Gasteiger charge is -2.28. The van der Waals surface area contributed by atoms with E-state index in [2.05, 4.69) is 77.6 Å². The van der Waals surface area contributed by atoms with Gasteiger partial charge in [-0.1, -0.05) is 42.0 Å². The Morgan fingerprint density at radius 3 is 2.50 bits per heavy atom. The number of rotatable bonds is 3. The van der Waals surface area contributed by atoms with Gasteiger partial charge in [-0.3, -0.25) is 0 Å². The third-order valence-electron chi connectivity index (χ3n) is 4.89. The minimum Gasteiger partial charge on any atom is -0.338 e. The van der Waals surface area contributed by atoms with Gasteiger partial charge < -0.3 is 10.2 Å². The molecule has 5 heteroatoms. The van der Waals surface area contributed by atoms with Crippen molar-refractivity contribution in [2.45, 2.75) is 33.7 Å². The highest BCUT2D eigenvalue weighted by Crippen LogP contribution is 2.26. The lowest BCUT2D eigenvalue weighted by Crippen LogP contribution is -2.32. The molecule has 0 fully saturated rings. The molecule has 3 aromatic rings. The first-order chi connectivity index (χ1) is 12.6. The molecule has 1 aromatic heterocycles. The van der Waals surface area contributed by atoms with Crippen molar-refractivity contribution in [3.05, 3.63) is 70.4 Å². The van der Waals surface area contributed by atoms with E-state index in [9.17, 15) is 0 Å². The molecule has 2 aromatic carbocycles. The molecule has 0 saturated carbocycles. The molecule has 26 heavy (non-hydrogen) atoms. The molecule has 0 amide bonds. The van der Waals surface area contributed by atoms with E-state index in [-0.39, 0.29) is 0 Å². The molecule has 0 bridgehead atoms. The van der Waals surface area contributed by atoms with Crippen LogP contribution in [0.2, 0.25) is 0 Å². The number of anilines is 3. The standard InChI is InChI=1S/C21H23N5/c1-14-10-15(2)20(16(3)11-14)23-19-12-22-25-21(24-19)26-9-8-17-6-4-5-7-18(17)13-26/h4-7,10-12H,8-9,13H2,1-3H3,(H,23,24,25). The van der Waals surface area contributed by atoms with Crippen LogP contribution in [0.4, 0.5) is 17.5 Å². The molecular weight excluding hydrogens is 322 g/mol. The van der Waals surface area contributed by atoms with Crippen LogP contribution in [0.25, 0.3) is 0 Å². The molecule has 4 rings (SSSR count). The molecule has 2 heterocycles. The fourth-order valence-electron chi connectivity index (χ4n) is 3.66. The molecule has 1 aliphatic rings. The number of aryl methyl sites for hydroxylation is 3. The second-order valence-electron chi connectivity index (χ2n) is 6.98. The SMILES string of the molecule is Cc1cc(C)c(Nc2cnnc(N3CCc4ccccc4C3)n2)c(C)c1. The summed E-state index contributed by atoms with van der Waals surface area (Å²) in [5.74, 6) is 1.40. The van der Waals surface area contributed by atoms with Gasteiger partial charge in [0, 0.05) is 18.8 Å². The van der Waals surface area contributed by atoms with E-state index >= 15 is 0 Å². The van der Waals surface area contributed by atoms with Gasteiger partial charge >= 0.3 is 0 Å². The predicted molar refractivity (Wildman–Crippen MR) is 105 cm³/mol. The van der Waals surface area contributed by atoms with E-state index in [1.54, 1.807) is 6.20 Å². The normalized spacial score (nSPS) is 13.4. The highest BCUT2D eigenvalue weighted by Gasteiger charge is 2.19. The molecule has 1 N–H and O–H groups in total. The first-order valence-corrected chi connectivity index (χ1v) is 8.96. The van der Waals surface area contributed by atoms with Crippen molar-refractivity contribution >= 4 is 17.5 Å². The Hall–Kier alpha value is -2.95. The first kappa shape index (κ1) is 16.5. The Kier molecular flexibility index (Phi) is 4.29. The Balaban J connectivity index is 1.58. The zero-order valence-corrected chi connectivity index (χ0v) is 15.5. The van der Waals surface area contributed by atoms with Crippen LogP contribution in [-0.4, -0.2) is 21.7 Å².